The van der Waals surface area contributed by atoms with Gasteiger partial charge in [-0.2, -0.15) is 0 Å². The molecule has 2 saturated heterocycles. The van der Waals surface area contributed by atoms with E-state index in [1.807, 2.05) is 0 Å². The lowest BCUT2D eigenvalue weighted by Crippen LogP contribution is -2.59. The second-order valence-corrected chi connectivity index (χ2v) is 5.38. The van der Waals surface area contributed by atoms with Crippen LogP contribution in [0.3, 0.4) is 0 Å². The Hall–Kier alpha value is -0.970. The fourth-order valence-corrected chi connectivity index (χ4v) is 2.49. The lowest BCUT2D eigenvalue weighted by atomic mass is 9.99. The van der Waals surface area contributed by atoms with Crippen molar-refractivity contribution in [2.45, 2.75) is 43.5 Å². The van der Waals surface area contributed by atoms with Crippen LogP contribution in [-0.2, 0) is 14.2 Å². The normalized spacial score (nSPS) is 35.6. The lowest BCUT2D eigenvalue weighted by molar-refractivity contribution is -0.302. The summed E-state index contributed by atoms with van der Waals surface area (Å²) in [6, 6.07) is 0. The first-order valence-electron chi connectivity index (χ1n) is 7.38. The van der Waals surface area contributed by atoms with E-state index in [2.05, 4.69) is 0 Å². The number of hydrogen-bond donors (Lipinski definition) is 4. The zero-order valence-corrected chi connectivity index (χ0v) is 12.2. The molecule has 0 bridgehead atoms. The van der Waals surface area contributed by atoms with Gasteiger partial charge in [-0.15, -0.1) is 0 Å². The van der Waals surface area contributed by atoms with Crippen LogP contribution < -0.4 is 0 Å². The number of carbonyl (C=O) groups excluding carboxylic acids is 1. The van der Waals surface area contributed by atoms with E-state index in [4.69, 9.17) is 19.3 Å². The number of likely N-dealkylation sites (tertiary alicyclic amines) is 1. The minimum Gasteiger partial charge on any atom is -0.447 e. The largest absolute Gasteiger partial charge is 0.447 e. The summed E-state index contributed by atoms with van der Waals surface area (Å²) in [5.41, 5.74) is 0. The maximum atomic E-state index is 11.6. The molecule has 0 aliphatic carbocycles. The molecule has 5 unspecified atom stereocenters. The maximum absolute atomic E-state index is 11.6. The van der Waals surface area contributed by atoms with Gasteiger partial charge in [0.25, 0.3) is 0 Å². The molecular weight excluding hydrogens is 298 g/mol. The number of ether oxygens (including phenoxy) is 3. The molecule has 2 aliphatic heterocycles. The van der Waals surface area contributed by atoms with Crippen LogP contribution in [0.15, 0.2) is 0 Å². The van der Waals surface area contributed by atoms with E-state index in [9.17, 15) is 20.1 Å². The summed E-state index contributed by atoms with van der Waals surface area (Å²) < 4.78 is 15.4. The zero-order valence-electron chi connectivity index (χ0n) is 12.2. The predicted molar refractivity (Wildman–Crippen MR) is 71.9 cm³/mol. The van der Waals surface area contributed by atoms with E-state index in [1.54, 1.807) is 4.90 Å². The molecule has 2 rings (SSSR count). The fraction of sp³-hybridized carbons (Fsp3) is 0.923. The summed E-state index contributed by atoms with van der Waals surface area (Å²) in [6.07, 6.45) is -5.05. The van der Waals surface area contributed by atoms with Gasteiger partial charge in [-0.1, -0.05) is 0 Å². The molecule has 0 aromatic rings. The third-order valence-corrected chi connectivity index (χ3v) is 3.80. The smallest absolute Gasteiger partial charge is 0.409 e. The Bertz CT molecular complexity index is 360. The van der Waals surface area contributed by atoms with Gasteiger partial charge in [0.1, 0.15) is 31.0 Å². The van der Waals surface area contributed by atoms with Crippen molar-refractivity contribution in [2.24, 2.45) is 0 Å². The fourth-order valence-electron chi connectivity index (χ4n) is 2.49. The lowest BCUT2D eigenvalue weighted by Gasteiger charge is -2.39. The van der Waals surface area contributed by atoms with Crippen molar-refractivity contribution in [1.82, 2.24) is 4.90 Å². The Morgan fingerprint density at radius 2 is 1.77 bits per heavy atom. The van der Waals surface area contributed by atoms with Gasteiger partial charge in [-0.3, -0.25) is 0 Å². The third kappa shape index (κ3) is 4.06. The molecule has 1 amide bonds. The molecule has 2 fully saturated rings. The highest BCUT2D eigenvalue weighted by Crippen LogP contribution is 2.21. The van der Waals surface area contributed by atoms with E-state index in [0.29, 0.717) is 13.1 Å². The second-order valence-electron chi connectivity index (χ2n) is 5.38. The standard InChI is InChI=1S/C13H23NO8/c15-7-8-9(16)10(17)11(18)12(22-8)20-5-6-21-13(19)14-3-1-2-4-14/h8-12,15-18H,1-7H2. The van der Waals surface area contributed by atoms with Crippen molar-refractivity contribution in [2.75, 3.05) is 32.9 Å². The van der Waals surface area contributed by atoms with E-state index in [1.165, 1.54) is 0 Å². The van der Waals surface area contributed by atoms with E-state index >= 15 is 0 Å². The average Bonchev–Trinajstić information content (AvgIpc) is 3.05. The van der Waals surface area contributed by atoms with E-state index < -0.39 is 43.4 Å². The summed E-state index contributed by atoms with van der Waals surface area (Å²) in [5.74, 6) is 0. The number of carbonyl (C=O) groups is 1. The van der Waals surface area contributed by atoms with Crippen LogP contribution in [0.25, 0.3) is 0 Å². The monoisotopic (exact) mass is 321 g/mol. The Morgan fingerprint density at radius 1 is 1.09 bits per heavy atom. The first-order chi connectivity index (χ1) is 10.5. The Kier molecular flexibility index (Phi) is 6.36. The van der Waals surface area contributed by atoms with Gasteiger partial charge < -0.3 is 39.5 Å². The van der Waals surface area contributed by atoms with Crippen LogP contribution in [0, 0.1) is 0 Å². The molecule has 0 spiro atoms. The molecule has 9 nitrogen and oxygen atoms in total. The van der Waals surface area contributed by atoms with Crippen LogP contribution in [0.2, 0.25) is 0 Å². The molecular formula is C13H23NO8. The molecule has 2 heterocycles. The number of amides is 1. The van der Waals surface area contributed by atoms with Gasteiger partial charge in [-0.05, 0) is 12.8 Å². The molecule has 22 heavy (non-hydrogen) atoms. The van der Waals surface area contributed by atoms with Crippen molar-refractivity contribution >= 4 is 6.09 Å². The summed E-state index contributed by atoms with van der Waals surface area (Å²) in [6.45, 7) is 0.792. The molecule has 4 N–H and O–H groups in total. The highest BCUT2D eigenvalue weighted by Gasteiger charge is 2.43. The number of hydrogen-bond acceptors (Lipinski definition) is 8. The van der Waals surface area contributed by atoms with Crippen molar-refractivity contribution < 1.29 is 39.4 Å². The molecule has 0 aromatic carbocycles. The number of rotatable bonds is 5. The van der Waals surface area contributed by atoms with Crippen molar-refractivity contribution in [3.63, 3.8) is 0 Å². The van der Waals surface area contributed by atoms with Crippen molar-refractivity contribution in [3.8, 4) is 0 Å². The quantitative estimate of drug-likeness (QED) is 0.429. The minimum atomic E-state index is -1.48. The number of aliphatic hydroxyl groups excluding tert-OH is 4. The maximum Gasteiger partial charge on any atom is 0.409 e. The van der Waals surface area contributed by atoms with Crippen LogP contribution in [-0.4, -0.2) is 95.0 Å². The van der Waals surface area contributed by atoms with Gasteiger partial charge in [0.15, 0.2) is 6.29 Å². The Balaban J connectivity index is 1.70. The predicted octanol–water partition coefficient (Wildman–Crippen LogP) is -1.96. The Labute approximate surface area is 128 Å². The first kappa shape index (κ1) is 17.4. The van der Waals surface area contributed by atoms with Crippen molar-refractivity contribution in [1.29, 1.82) is 0 Å². The van der Waals surface area contributed by atoms with Crippen LogP contribution in [0.5, 0.6) is 0 Å². The molecule has 0 radical (unpaired) electrons. The van der Waals surface area contributed by atoms with Crippen LogP contribution in [0.1, 0.15) is 12.8 Å². The average molecular weight is 321 g/mol. The SMILES string of the molecule is O=C(OCCOC1OC(CO)C(O)C(O)C1O)N1CCCC1. The topological polar surface area (TPSA) is 129 Å². The molecule has 0 saturated carbocycles. The number of aliphatic hydroxyl groups is 4. The van der Waals surface area contributed by atoms with Gasteiger partial charge in [-0.25, -0.2) is 4.79 Å². The summed E-state index contributed by atoms with van der Waals surface area (Å²) in [7, 11) is 0. The highest BCUT2D eigenvalue weighted by atomic mass is 16.7. The Morgan fingerprint density at radius 3 is 2.41 bits per heavy atom. The van der Waals surface area contributed by atoms with E-state index in [0.717, 1.165) is 12.8 Å². The van der Waals surface area contributed by atoms with Gasteiger partial charge in [0, 0.05) is 13.1 Å². The highest BCUT2D eigenvalue weighted by molar-refractivity contribution is 5.67. The molecule has 0 aromatic heterocycles. The third-order valence-electron chi connectivity index (χ3n) is 3.80. The molecule has 9 heteroatoms. The second kappa shape index (κ2) is 8.04. The van der Waals surface area contributed by atoms with E-state index in [-0.39, 0.29) is 13.2 Å². The molecule has 2 aliphatic rings. The summed E-state index contributed by atoms with van der Waals surface area (Å²) in [4.78, 5) is 13.2. The van der Waals surface area contributed by atoms with Crippen molar-refractivity contribution in [3.05, 3.63) is 0 Å². The van der Waals surface area contributed by atoms with Gasteiger partial charge in [0.2, 0.25) is 0 Å². The zero-order chi connectivity index (χ0) is 16.1. The van der Waals surface area contributed by atoms with Gasteiger partial charge in [0.05, 0.1) is 13.2 Å². The van der Waals surface area contributed by atoms with Gasteiger partial charge >= 0.3 is 6.09 Å². The first-order valence-corrected chi connectivity index (χ1v) is 7.38. The molecule has 5 atom stereocenters. The number of nitrogens with zero attached hydrogens (tertiary/aromatic N) is 1. The van der Waals surface area contributed by atoms with Crippen LogP contribution >= 0.6 is 0 Å². The van der Waals surface area contributed by atoms with Crippen LogP contribution in [0.4, 0.5) is 4.79 Å². The summed E-state index contributed by atoms with van der Waals surface area (Å²) in [5, 5.41) is 38.0. The molecule has 128 valence electrons. The minimum absolute atomic E-state index is 0.0235. The summed E-state index contributed by atoms with van der Waals surface area (Å²) >= 11 is 0.